The van der Waals surface area contributed by atoms with Crippen molar-refractivity contribution in [2.24, 2.45) is 7.05 Å². The number of nitrogens with zero attached hydrogens (tertiary/aromatic N) is 3. The van der Waals surface area contributed by atoms with E-state index in [1.54, 1.807) is 30.8 Å². The van der Waals surface area contributed by atoms with Crippen LogP contribution in [0.5, 0.6) is 5.75 Å². The first kappa shape index (κ1) is 28.8. The van der Waals surface area contributed by atoms with E-state index in [4.69, 9.17) is 10.5 Å². The fourth-order valence-corrected chi connectivity index (χ4v) is 7.29. The zero-order valence-corrected chi connectivity index (χ0v) is 26.6. The van der Waals surface area contributed by atoms with Gasteiger partial charge in [-0.2, -0.15) is 0 Å². The molecule has 0 aliphatic rings. The summed E-state index contributed by atoms with van der Waals surface area (Å²) >= 11 is 3.86. The fraction of sp³-hybridized carbons (Fsp3) is 0.121. The largest absolute Gasteiger partial charge is 0.495 e. The Hall–Kier alpha value is -4.26. The summed E-state index contributed by atoms with van der Waals surface area (Å²) < 4.78 is 9.62. The number of fused-ring (bicyclic) bond motifs is 2. The van der Waals surface area contributed by atoms with Gasteiger partial charge in [0.1, 0.15) is 17.3 Å². The van der Waals surface area contributed by atoms with Gasteiger partial charge in [0.25, 0.3) is 5.91 Å². The highest BCUT2D eigenvalue weighted by molar-refractivity contribution is 14.1. The van der Waals surface area contributed by atoms with Crippen LogP contribution in [0, 0.1) is 3.57 Å². The number of nitrogens with one attached hydrogen (secondary N) is 2. The van der Waals surface area contributed by atoms with Crippen LogP contribution in [0.25, 0.3) is 38.2 Å². The van der Waals surface area contributed by atoms with Crippen LogP contribution in [0.15, 0.2) is 84.6 Å². The summed E-state index contributed by atoms with van der Waals surface area (Å²) in [6, 6.07) is 17.7. The number of aryl methyl sites for hydroxylation is 1. The molecule has 43 heavy (non-hydrogen) atoms. The van der Waals surface area contributed by atoms with E-state index in [1.165, 1.54) is 5.56 Å². The zero-order chi connectivity index (χ0) is 29.9. The first-order chi connectivity index (χ1) is 21.0. The molecule has 0 aliphatic heterocycles. The molecule has 0 spiro atoms. The lowest BCUT2D eigenvalue weighted by atomic mass is 10.0. The highest BCUT2D eigenvalue weighted by Crippen LogP contribution is 2.41. The topological polar surface area (TPSA) is 107 Å². The number of hydrogen-bond acceptors (Lipinski definition) is 7. The number of pyridine rings is 2. The molecule has 0 saturated carbocycles. The number of nitrogens with two attached hydrogens (primary N) is 1. The van der Waals surface area contributed by atoms with Gasteiger partial charge in [0.15, 0.2) is 0 Å². The zero-order valence-electron chi connectivity index (χ0n) is 23.6. The first-order valence-electron chi connectivity index (χ1n) is 13.6. The number of anilines is 2. The van der Waals surface area contributed by atoms with Crippen molar-refractivity contribution in [1.29, 1.82) is 0 Å². The van der Waals surface area contributed by atoms with Gasteiger partial charge in [-0.3, -0.25) is 9.78 Å². The molecule has 0 fully saturated rings. The molecule has 0 bridgehead atoms. The number of para-hydroxylation sites is 1. The van der Waals surface area contributed by atoms with Gasteiger partial charge in [-0.1, -0.05) is 36.4 Å². The highest BCUT2D eigenvalue weighted by Gasteiger charge is 2.21. The third-order valence-electron chi connectivity index (χ3n) is 7.31. The lowest BCUT2D eigenvalue weighted by molar-refractivity contribution is 0.101. The van der Waals surface area contributed by atoms with E-state index in [9.17, 15) is 4.79 Å². The Morgan fingerprint density at radius 1 is 1.16 bits per heavy atom. The minimum absolute atomic E-state index is 0.199. The smallest absolute Gasteiger partial charge is 0.273 e. The van der Waals surface area contributed by atoms with Gasteiger partial charge >= 0.3 is 0 Å². The Kier molecular flexibility index (Phi) is 8.41. The second kappa shape index (κ2) is 12.5. The van der Waals surface area contributed by atoms with E-state index in [1.807, 2.05) is 72.4 Å². The maximum atomic E-state index is 13.4. The third-order valence-corrected chi connectivity index (χ3v) is 9.43. The van der Waals surface area contributed by atoms with Crippen LogP contribution in [0.4, 0.5) is 11.5 Å². The van der Waals surface area contributed by atoms with E-state index in [0.29, 0.717) is 29.5 Å². The summed E-state index contributed by atoms with van der Waals surface area (Å²) in [6.45, 7) is 1.49. The Balaban J connectivity index is 1.24. The predicted molar refractivity (Wildman–Crippen MR) is 185 cm³/mol. The molecule has 6 aromatic rings. The number of halogens is 1. The second-order valence-electron chi connectivity index (χ2n) is 9.95. The third kappa shape index (κ3) is 5.73. The number of amides is 1. The minimum atomic E-state index is -0.199. The Labute approximate surface area is 266 Å². The molecule has 4 heterocycles. The maximum Gasteiger partial charge on any atom is 0.273 e. The van der Waals surface area contributed by atoms with Gasteiger partial charge in [-0.05, 0) is 69.4 Å². The molecule has 2 aromatic carbocycles. The van der Waals surface area contributed by atoms with Crippen molar-refractivity contribution in [3.63, 3.8) is 0 Å². The van der Waals surface area contributed by atoms with Crippen molar-refractivity contribution in [1.82, 2.24) is 19.9 Å². The molecule has 0 aliphatic carbocycles. The van der Waals surface area contributed by atoms with Crippen LogP contribution < -0.4 is 21.1 Å². The number of rotatable bonds is 9. The predicted octanol–water partition coefficient (Wildman–Crippen LogP) is 7.10. The van der Waals surface area contributed by atoms with Gasteiger partial charge in [-0.15, -0.1) is 11.3 Å². The molecule has 6 rings (SSSR count). The van der Waals surface area contributed by atoms with Crippen LogP contribution in [-0.4, -0.2) is 34.1 Å². The monoisotopic (exact) mass is 700 g/mol. The van der Waals surface area contributed by atoms with Gasteiger partial charge in [0.05, 0.1) is 16.4 Å². The standard InChI is InChI=1S/C33H29IN6O2S/c1-40-26-8-4-3-7-23(26)29(34)30(40)33(41)39-25-10-9-21(16-27(25)42-2)24-19-43-31-22(18-38-32(35)28(24)31)6-5-13-37-17-20-11-14-36-15-12-20/h3-12,14-16,18-19,37H,13,17H2,1-2H3,(H2,35,38)(H,39,41). The summed E-state index contributed by atoms with van der Waals surface area (Å²) in [4.78, 5) is 22.0. The van der Waals surface area contributed by atoms with Crippen LogP contribution in [-0.2, 0) is 13.6 Å². The maximum absolute atomic E-state index is 13.4. The summed E-state index contributed by atoms with van der Waals surface area (Å²) in [6.07, 6.45) is 9.56. The van der Waals surface area contributed by atoms with Crippen LogP contribution in [0.2, 0.25) is 0 Å². The van der Waals surface area contributed by atoms with Gasteiger partial charge in [0, 0.05) is 70.8 Å². The molecule has 216 valence electrons. The number of ether oxygens (including phenoxy) is 1. The lowest BCUT2D eigenvalue weighted by Gasteiger charge is -2.13. The van der Waals surface area contributed by atoms with Crippen molar-refractivity contribution in [3.8, 4) is 16.9 Å². The Morgan fingerprint density at radius 3 is 2.77 bits per heavy atom. The van der Waals surface area contributed by atoms with Crippen molar-refractivity contribution in [3.05, 3.63) is 105 Å². The Morgan fingerprint density at radius 2 is 1.98 bits per heavy atom. The average molecular weight is 701 g/mol. The van der Waals surface area contributed by atoms with Crippen molar-refractivity contribution >= 4 is 78.4 Å². The first-order valence-corrected chi connectivity index (χ1v) is 15.6. The summed E-state index contributed by atoms with van der Waals surface area (Å²) in [5, 5.41) is 10.5. The second-order valence-corrected chi connectivity index (χ2v) is 11.9. The summed E-state index contributed by atoms with van der Waals surface area (Å²) in [7, 11) is 3.51. The number of methoxy groups -OCH3 is 1. The number of nitrogen functional groups attached to an aromatic ring is 1. The van der Waals surface area contributed by atoms with E-state index in [2.05, 4.69) is 60.7 Å². The van der Waals surface area contributed by atoms with E-state index < -0.39 is 0 Å². The normalized spacial score (nSPS) is 11.5. The molecule has 10 heteroatoms. The minimum Gasteiger partial charge on any atom is -0.495 e. The van der Waals surface area contributed by atoms with Crippen LogP contribution >= 0.6 is 33.9 Å². The molecular weight excluding hydrogens is 671 g/mol. The quantitative estimate of drug-likeness (QED) is 0.110. The van der Waals surface area contributed by atoms with Crippen molar-refractivity contribution in [2.75, 3.05) is 24.7 Å². The summed E-state index contributed by atoms with van der Waals surface area (Å²) in [5.74, 6) is 0.831. The number of carbonyl (C=O) groups is 1. The lowest BCUT2D eigenvalue weighted by Crippen LogP contribution is -2.17. The van der Waals surface area contributed by atoms with Crippen LogP contribution in [0.1, 0.15) is 21.6 Å². The van der Waals surface area contributed by atoms with Gasteiger partial charge < -0.3 is 25.7 Å². The van der Waals surface area contributed by atoms with E-state index >= 15 is 0 Å². The molecule has 4 aromatic heterocycles. The number of hydrogen-bond donors (Lipinski definition) is 3. The number of benzene rings is 2. The molecule has 4 N–H and O–H groups in total. The molecule has 0 atom stereocenters. The molecule has 0 unspecified atom stereocenters. The summed E-state index contributed by atoms with van der Waals surface area (Å²) in [5.41, 5.74) is 12.7. The average Bonchev–Trinajstić information content (AvgIpc) is 3.59. The van der Waals surface area contributed by atoms with Gasteiger partial charge in [-0.25, -0.2) is 4.98 Å². The molecule has 0 saturated heterocycles. The molecule has 8 nitrogen and oxygen atoms in total. The Bertz CT molecular complexity index is 1940. The van der Waals surface area contributed by atoms with Crippen molar-refractivity contribution in [2.45, 2.75) is 6.54 Å². The highest BCUT2D eigenvalue weighted by atomic mass is 127. The van der Waals surface area contributed by atoms with E-state index in [0.717, 1.165) is 47.8 Å². The SMILES string of the molecule is COc1cc(-c2csc3c(C=CCNCc4ccncc4)cnc(N)c23)ccc1NC(=O)c1c(I)c2ccccc2n1C. The number of aromatic nitrogens is 3. The van der Waals surface area contributed by atoms with Crippen LogP contribution in [0.3, 0.4) is 0 Å². The molecule has 1 amide bonds. The van der Waals surface area contributed by atoms with Crippen molar-refractivity contribution < 1.29 is 9.53 Å². The fourth-order valence-electron chi connectivity index (χ4n) is 5.15. The molecular formula is C33H29IN6O2S. The van der Waals surface area contributed by atoms with Gasteiger partial charge in [0.2, 0.25) is 0 Å². The van der Waals surface area contributed by atoms with E-state index in [-0.39, 0.29) is 5.91 Å². The molecule has 0 radical (unpaired) electrons. The number of thiophene rings is 1. The number of carbonyl (C=O) groups excluding carboxylic acids is 1.